The third-order valence-corrected chi connectivity index (χ3v) is 4.13. The quantitative estimate of drug-likeness (QED) is 0.676. The lowest BCUT2D eigenvalue weighted by molar-refractivity contribution is -0.384. The number of carbonyl (C=O) groups is 1. The van der Waals surface area contributed by atoms with Crippen LogP contribution >= 0.6 is 0 Å². The molecule has 108 valence electrons. The summed E-state index contributed by atoms with van der Waals surface area (Å²) in [5.74, 6) is -0.816. The van der Waals surface area contributed by atoms with Gasteiger partial charge in [0.2, 0.25) is 0 Å². The maximum atomic E-state index is 11.5. The zero-order chi connectivity index (χ0) is 14.8. The topological polar surface area (TPSA) is 83.7 Å². The molecule has 1 saturated heterocycles. The number of aliphatic carboxylic acids is 1. The van der Waals surface area contributed by atoms with Crippen molar-refractivity contribution in [3.63, 3.8) is 0 Å². The van der Waals surface area contributed by atoms with Crippen LogP contribution in [0.25, 0.3) is 0 Å². The van der Waals surface area contributed by atoms with Crippen molar-refractivity contribution in [2.75, 3.05) is 18.0 Å². The van der Waals surface area contributed by atoms with Gasteiger partial charge in [0.15, 0.2) is 0 Å². The zero-order valence-corrected chi connectivity index (χ0v) is 11.4. The summed E-state index contributed by atoms with van der Waals surface area (Å²) in [6, 6.07) is 6.51. The molecule has 1 aliphatic heterocycles. The van der Waals surface area contributed by atoms with E-state index in [0.717, 1.165) is 6.42 Å². The van der Waals surface area contributed by atoms with Crippen LogP contribution in [0, 0.1) is 15.5 Å². The van der Waals surface area contributed by atoms with Gasteiger partial charge >= 0.3 is 5.97 Å². The highest BCUT2D eigenvalue weighted by atomic mass is 16.6. The van der Waals surface area contributed by atoms with E-state index in [-0.39, 0.29) is 5.69 Å². The van der Waals surface area contributed by atoms with Crippen molar-refractivity contribution in [2.24, 2.45) is 5.41 Å². The zero-order valence-electron chi connectivity index (χ0n) is 11.4. The molecule has 1 aliphatic rings. The number of nitrogens with zero attached hydrogens (tertiary/aromatic N) is 2. The van der Waals surface area contributed by atoms with Crippen molar-refractivity contribution >= 4 is 17.3 Å². The van der Waals surface area contributed by atoms with E-state index in [9.17, 15) is 20.0 Å². The summed E-state index contributed by atoms with van der Waals surface area (Å²) >= 11 is 0. The highest BCUT2D eigenvalue weighted by molar-refractivity contribution is 5.76. The molecule has 0 saturated carbocycles. The van der Waals surface area contributed by atoms with E-state index >= 15 is 0 Å². The van der Waals surface area contributed by atoms with Crippen molar-refractivity contribution in [1.82, 2.24) is 0 Å². The van der Waals surface area contributed by atoms with E-state index in [1.54, 1.807) is 18.2 Å². The standard InChI is InChI=1S/C14H18N2O4/c1-2-14(13(17)18)8-5-9-15(10-14)11-6-3-4-7-12(11)16(19)20/h3-4,6-7H,2,5,8-10H2,1H3,(H,17,18). The Morgan fingerprint density at radius 1 is 1.50 bits per heavy atom. The van der Waals surface area contributed by atoms with Crippen molar-refractivity contribution in [3.05, 3.63) is 34.4 Å². The lowest BCUT2D eigenvalue weighted by atomic mass is 9.77. The van der Waals surface area contributed by atoms with Gasteiger partial charge in [-0.15, -0.1) is 0 Å². The minimum absolute atomic E-state index is 0.0322. The molecule has 6 nitrogen and oxygen atoms in total. The van der Waals surface area contributed by atoms with Gasteiger partial charge in [0, 0.05) is 19.2 Å². The lowest BCUT2D eigenvalue weighted by Crippen LogP contribution is -2.47. The summed E-state index contributed by atoms with van der Waals surface area (Å²) in [5.41, 5.74) is -0.261. The molecule has 1 heterocycles. The van der Waals surface area contributed by atoms with Crippen LogP contribution in [0.4, 0.5) is 11.4 Å². The van der Waals surface area contributed by atoms with E-state index < -0.39 is 16.3 Å². The summed E-state index contributed by atoms with van der Waals surface area (Å²) in [4.78, 5) is 24.0. The first-order chi connectivity index (χ1) is 9.50. The summed E-state index contributed by atoms with van der Waals surface area (Å²) in [6.07, 6.45) is 1.88. The third-order valence-electron chi connectivity index (χ3n) is 4.13. The molecule has 0 bridgehead atoms. The number of carboxylic acid groups (broad SMARTS) is 1. The molecule has 1 aromatic rings. The number of piperidine rings is 1. The Morgan fingerprint density at radius 3 is 2.80 bits per heavy atom. The molecule has 0 amide bonds. The van der Waals surface area contributed by atoms with Gasteiger partial charge in [-0.2, -0.15) is 0 Å². The second-order valence-corrected chi connectivity index (χ2v) is 5.21. The molecule has 1 atom stereocenters. The fraction of sp³-hybridized carbons (Fsp3) is 0.500. The Kier molecular flexibility index (Phi) is 3.92. The normalized spacial score (nSPS) is 22.6. The molecule has 1 aromatic carbocycles. The predicted octanol–water partition coefficient (Wildman–Crippen LogP) is 2.68. The second kappa shape index (κ2) is 5.48. The molecular formula is C14H18N2O4. The molecule has 6 heteroatoms. The first-order valence-electron chi connectivity index (χ1n) is 6.72. The lowest BCUT2D eigenvalue weighted by Gasteiger charge is -2.40. The number of carboxylic acids is 1. The maximum Gasteiger partial charge on any atom is 0.311 e. The monoisotopic (exact) mass is 278 g/mol. The van der Waals surface area contributed by atoms with Gasteiger partial charge in [0.05, 0.1) is 10.3 Å². The first-order valence-corrected chi connectivity index (χ1v) is 6.72. The van der Waals surface area contributed by atoms with Gasteiger partial charge < -0.3 is 10.0 Å². The average molecular weight is 278 g/mol. The molecule has 1 unspecified atom stereocenters. The van der Waals surface area contributed by atoms with Gasteiger partial charge in [-0.3, -0.25) is 14.9 Å². The Hall–Kier alpha value is -2.11. The minimum Gasteiger partial charge on any atom is -0.481 e. The van der Waals surface area contributed by atoms with Crippen molar-refractivity contribution < 1.29 is 14.8 Å². The number of benzene rings is 1. The Balaban J connectivity index is 2.34. The van der Waals surface area contributed by atoms with Crippen LogP contribution in [0.1, 0.15) is 26.2 Å². The number of nitro groups is 1. The second-order valence-electron chi connectivity index (χ2n) is 5.21. The Labute approximate surface area is 117 Å². The number of hydrogen-bond donors (Lipinski definition) is 1. The highest BCUT2D eigenvalue weighted by Crippen LogP contribution is 2.38. The maximum absolute atomic E-state index is 11.5. The molecule has 20 heavy (non-hydrogen) atoms. The average Bonchev–Trinajstić information content (AvgIpc) is 2.47. The van der Waals surface area contributed by atoms with E-state index in [0.29, 0.717) is 31.6 Å². The summed E-state index contributed by atoms with van der Waals surface area (Å²) < 4.78 is 0. The molecule has 1 fully saturated rings. The molecule has 0 aromatic heterocycles. The van der Waals surface area contributed by atoms with Crippen molar-refractivity contribution in [3.8, 4) is 0 Å². The fourth-order valence-corrected chi connectivity index (χ4v) is 2.84. The van der Waals surface area contributed by atoms with Gasteiger partial charge in [-0.25, -0.2) is 0 Å². The SMILES string of the molecule is CCC1(C(=O)O)CCCN(c2ccccc2[N+](=O)[O-])C1. The molecule has 1 N–H and O–H groups in total. The predicted molar refractivity (Wildman–Crippen MR) is 74.9 cm³/mol. The Morgan fingerprint density at radius 2 is 2.20 bits per heavy atom. The van der Waals surface area contributed by atoms with E-state index in [2.05, 4.69) is 0 Å². The van der Waals surface area contributed by atoms with Crippen molar-refractivity contribution in [2.45, 2.75) is 26.2 Å². The van der Waals surface area contributed by atoms with Crippen LogP contribution in [0.5, 0.6) is 0 Å². The molecule has 2 rings (SSSR count). The smallest absolute Gasteiger partial charge is 0.311 e. The van der Waals surface area contributed by atoms with Gasteiger partial charge in [0.1, 0.15) is 5.69 Å². The molecule has 0 aliphatic carbocycles. The largest absolute Gasteiger partial charge is 0.481 e. The van der Waals surface area contributed by atoms with E-state index in [1.165, 1.54) is 6.07 Å². The van der Waals surface area contributed by atoms with E-state index in [1.807, 2.05) is 11.8 Å². The van der Waals surface area contributed by atoms with Gasteiger partial charge in [0.25, 0.3) is 5.69 Å². The summed E-state index contributed by atoms with van der Waals surface area (Å²) in [6.45, 7) is 2.83. The Bertz CT molecular complexity index is 532. The summed E-state index contributed by atoms with van der Waals surface area (Å²) in [5, 5.41) is 20.6. The third kappa shape index (κ3) is 2.45. The van der Waals surface area contributed by atoms with Gasteiger partial charge in [-0.05, 0) is 25.3 Å². The van der Waals surface area contributed by atoms with Crippen LogP contribution < -0.4 is 4.90 Å². The van der Waals surface area contributed by atoms with Crippen LogP contribution in [0.15, 0.2) is 24.3 Å². The number of anilines is 1. The number of hydrogen-bond acceptors (Lipinski definition) is 4. The first kappa shape index (κ1) is 14.3. The van der Waals surface area contributed by atoms with Crippen molar-refractivity contribution in [1.29, 1.82) is 0 Å². The molecule has 0 spiro atoms. The van der Waals surface area contributed by atoms with Crippen LogP contribution in [-0.2, 0) is 4.79 Å². The molecule has 0 radical (unpaired) electrons. The number of rotatable bonds is 4. The van der Waals surface area contributed by atoms with Crippen LogP contribution in [-0.4, -0.2) is 29.1 Å². The minimum atomic E-state index is -0.816. The fourth-order valence-electron chi connectivity index (χ4n) is 2.84. The highest BCUT2D eigenvalue weighted by Gasteiger charge is 2.41. The number of nitro benzene ring substituents is 1. The van der Waals surface area contributed by atoms with Crippen LogP contribution in [0.3, 0.4) is 0 Å². The number of para-hydroxylation sites is 2. The van der Waals surface area contributed by atoms with Crippen LogP contribution in [0.2, 0.25) is 0 Å². The van der Waals surface area contributed by atoms with Gasteiger partial charge in [-0.1, -0.05) is 19.1 Å². The molecular weight excluding hydrogens is 260 g/mol. The van der Waals surface area contributed by atoms with E-state index in [4.69, 9.17) is 0 Å². The summed E-state index contributed by atoms with van der Waals surface area (Å²) in [7, 11) is 0.